The van der Waals surface area contributed by atoms with Gasteiger partial charge in [0.1, 0.15) is 0 Å². The van der Waals surface area contributed by atoms with E-state index in [2.05, 4.69) is 45.0 Å². The SMILES string of the molecule is Cc1ccc(C2(Cl)CC2(C)C)cc1. The molecule has 0 heterocycles. The molecule has 1 fully saturated rings. The summed E-state index contributed by atoms with van der Waals surface area (Å²) in [5, 5.41) is 0. The zero-order chi connectivity index (χ0) is 9.69. The molecule has 0 amide bonds. The number of halogens is 1. The Bertz CT molecular complexity index is 323. The van der Waals surface area contributed by atoms with Crippen molar-refractivity contribution >= 4 is 11.6 Å². The summed E-state index contributed by atoms with van der Waals surface area (Å²) in [6, 6.07) is 8.57. The van der Waals surface area contributed by atoms with E-state index in [9.17, 15) is 0 Å². The van der Waals surface area contributed by atoms with E-state index in [1.54, 1.807) is 0 Å². The monoisotopic (exact) mass is 194 g/mol. The Hall–Kier alpha value is -0.490. The van der Waals surface area contributed by atoms with Gasteiger partial charge in [-0.05, 0) is 24.3 Å². The van der Waals surface area contributed by atoms with Crippen LogP contribution >= 0.6 is 11.6 Å². The van der Waals surface area contributed by atoms with Crippen molar-refractivity contribution in [2.24, 2.45) is 5.41 Å². The van der Waals surface area contributed by atoms with E-state index in [-0.39, 0.29) is 10.3 Å². The average Bonchev–Trinajstić information content (AvgIpc) is 2.53. The zero-order valence-corrected chi connectivity index (χ0v) is 9.15. The van der Waals surface area contributed by atoms with Crippen LogP contribution in [0.15, 0.2) is 24.3 Å². The third-order valence-corrected chi connectivity index (χ3v) is 4.01. The molecule has 0 spiro atoms. The molecule has 1 aromatic rings. The third kappa shape index (κ3) is 1.28. The molecule has 1 aliphatic carbocycles. The molecule has 2 rings (SSSR count). The van der Waals surface area contributed by atoms with Crippen LogP contribution in [0.5, 0.6) is 0 Å². The van der Waals surface area contributed by atoms with Crippen molar-refractivity contribution < 1.29 is 0 Å². The van der Waals surface area contributed by atoms with Crippen LogP contribution in [0.2, 0.25) is 0 Å². The second kappa shape index (κ2) is 2.51. The van der Waals surface area contributed by atoms with Crippen LogP contribution in [-0.4, -0.2) is 0 Å². The van der Waals surface area contributed by atoms with Gasteiger partial charge in [-0.25, -0.2) is 0 Å². The van der Waals surface area contributed by atoms with Gasteiger partial charge in [0.25, 0.3) is 0 Å². The summed E-state index contributed by atoms with van der Waals surface area (Å²) in [7, 11) is 0. The second-order valence-electron chi connectivity index (χ2n) is 4.73. The molecule has 13 heavy (non-hydrogen) atoms. The molecule has 1 saturated carbocycles. The van der Waals surface area contributed by atoms with Gasteiger partial charge < -0.3 is 0 Å². The van der Waals surface area contributed by atoms with E-state index in [0.29, 0.717) is 0 Å². The molecule has 1 atom stereocenters. The number of rotatable bonds is 1. The van der Waals surface area contributed by atoms with Crippen molar-refractivity contribution in [3.63, 3.8) is 0 Å². The molecule has 1 aliphatic rings. The number of hydrogen-bond acceptors (Lipinski definition) is 0. The molecule has 0 aromatic heterocycles. The van der Waals surface area contributed by atoms with Crippen LogP contribution in [0.25, 0.3) is 0 Å². The van der Waals surface area contributed by atoms with E-state index in [1.165, 1.54) is 11.1 Å². The lowest BCUT2D eigenvalue weighted by Gasteiger charge is -2.12. The Morgan fingerprint density at radius 1 is 1.15 bits per heavy atom. The molecule has 0 aliphatic heterocycles. The van der Waals surface area contributed by atoms with Crippen molar-refractivity contribution in [1.29, 1.82) is 0 Å². The van der Waals surface area contributed by atoms with Crippen LogP contribution < -0.4 is 0 Å². The number of aryl methyl sites for hydroxylation is 1. The molecule has 1 aromatic carbocycles. The maximum absolute atomic E-state index is 6.51. The normalized spacial score (nSPS) is 30.2. The van der Waals surface area contributed by atoms with Gasteiger partial charge in [0, 0.05) is 0 Å². The van der Waals surface area contributed by atoms with Gasteiger partial charge in [-0.1, -0.05) is 43.7 Å². The van der Waals surface area contributed by atoms with E-state index < -0.39 is 0 Å². The first kappa shape index (κ1) is 9.08. The summed E-state index contributed by atoms with van der Waals surface area (Å²) in [5.41, 5.74) is 2.83. The van der Waals surface area contributed by atoms with Gasteiger partial charge in [-0.2, -0.15) is 0 Å². The Labute approximate surface area is 84.9 Å². The van der Waals surface area contributed by atoms with Crippen molar-refractivity contribution in [2.45, 2.75) is 32.1 Å². The number of hydrogen-bond donors (Lipinski definition) is 0. The molecule has 0 bridgehead atoms. The van der Waals surface area contributed by atoms with Crippen LogP contribution in [0.1, 0.15) is 31.4 Å². The molecular weight excluding hydrogens is 180 g/mol. The lowest BCUT2D eigenvalue weighted by atomic mass is 10.0. The molecular formula is C12H15Cl. The van der Waals surface area contributed by atoms with Gasteiger partial charge in [-0.15, -0.1) is 11.6 Å². The number of benzene rings is 1. The predicted molar refractivity (Wildman–Crippen MR) is 57.1 cm³/mol. The smallest absolute Gasteiger partial charge is 0.0752 e. The lowest BCUT2D eigenvalue weighted by molar-refractivity contribution is 0.595. The van der Waals surface area contributed by atoms with E-state index >= 15 is 0 Å². The van der Waals surface area contributed by atoms with Gasteiger partial charge in [0.05, 0.1) is 4.87 Å². The van der Waals surface area contributed by atoms with Crippen molar-refractivity contribution in [3.8, 4) is 0 Å². The number of alkyl halides is 1. The van der Waals surface area contributed by atoms with Gasteiger partial charge in [-0.3, -0.25) is 0 Å². The van der Waals surface area contributed by atoms with Gasteiger partial charge in [0.15, 0.2) is 0 Å². The van der Waals surface area contributed by atoms with Gasteiger partial charge in [0.2, 0.25) is 0 Å². The van der Waals surface area contributed by atoms with Crippen LogP contribution in [0.3, 0.4) is 0 Å². The summed E-state index contributed by atoms with van der Waals surface area (Å²) in [6.07, 6.45) is 1.09. The average molecular weight is 195 g/mol. The highest BCUT2D eigenvalue weighted by Gasteiger charge is 2.61. The van der Waals surface area contributed by atoms with Crippen LogP contribution in [0.4, 0.5) is 0 Å². The maximum atomic E-state index is 6.51. The van der Waals surface area contributed by atoms with Gasteiger partial charge >= 0.3 is 0 Å². The highest BCUT2D eigenvalue weighted by atomic mass is 35.5. The largest absolute Gasteiger partial charge is 0.113 e. The summed E-state index contributed by atoms with van der Waals surface area (Å²) < 4.78 is 0. The maximum Gasteiger partial charge on any atom is 0.0752 e. The Morgan fingerprint density at radius 3 is 2.00 bits per heavy atom. The minimum Gasteiger partial charge on any atom is -0.113 e. The predicted octanol–water partition coefficient (Wildman–Crippen LogP) is 3.86. The Balaban J connectivity index is 2.34. The minimum absolute atomic E-state index is 0.0965. The minimum atomic E-state index is -0.0965. The quantitative estimate of drug-likeness (QED) is 0.596. The topological polar surface area (TPSA) is 0 Å². The Morgan fingerprint density at radius 2 is 1.62 bits per heavy atom. The van der Waals surface area contributed by atoms with Crippen LogP contribution in [0, 0.1) is 12.3 Å². The lowest BCUT2D eigenvalue weighted by Crippen LogP contribution is -2.05. The van der Waals surface area contributed by atoms with Crippen molar-refractivity contribution in [3.05, 3.63) is 35.4 Å². The van der Waals surface area contributed by atoms with Crippen LogP contribution in [-0.2, 0) is 4.87 Å². The van der Waals surface area contributed by atoms with Crippen molar-refractivity contribution in [1.82, 2.24) is 0 Å². The molecule has 0 nitrogen and oxygen atoms in total. The Kier molecular flexibility index (Phi) is 1.75. The van der Waals surface area contributed by atoms with E-state index in [0.717, 1.165) is 6.42 Å². The first-order valence-electron chi connectivity index (χ1n) is 4.72. The highest BCUT2D eigenvalue weighted by molar-refractivity contribution is 6.26. The zero-order valence-electron chi connectivity index (χ0n) is 8.39. The first-order valence-corrected chi connectivity index (χ1v) is 5.10. The standard InChI is InChI=1S/C12H15Cl/c1-9-4-6-10(7-5-9)12(13)8-11(12,2)3/h4-7H,8H2,1-3H3. The highest BCUT2D eigenvalue weighted by Crippen LogP contribution is 2.67. The summed E-state index contributed by atoms with van der Waals surface area (Å²) in [4.78, 5) is -0.0965. The first-order chi connectivity index (χ1) is 5.96. The molecule has 1 unspecified atom stereocenters. The summed E-state index contributed by atoms with van der Waals surface area (Å²) in [6.45, 7) is 6.54. The van der Waals surface area contributed by atoms with E-state index in [4.69, 9.17) is 11.6 Å². The third-order valence-electron chi connectivity index (χ3n) is 3.14. The molecule has 1 heteroatoms. The fourth-order valence-electron chi connectivity index (χ4n) is 1.88. The molecule has 0 saturated heterocycles. The summed E-state index contributed by atoms with van der Waals surface area (Å²) >= 11 is 6.51. The van der Waals surface area contributed by atoms with E-state index in [1.807, 2.05) is 0 Å². The fraction of sp³-hybridized carbons (Fsp3) is 0.500. The molecule has 0 radical (unpaired) electrons. The molecule has 0 N–H and O–H groups in total. The molecule has 70 valence electrons. The summed E-state index contributed by atoms with van der Waals surface area (Å²) in [5.74, 6) is 0. The van der Waals surface area contributed by atoms with Crippen molar-refractivity contribution in [2.75, 3.05) is 0 Å². The fourth-order valence-corrected chi connectivity index (χ4v) is 2.34. The second-order valence-corrected chi connectivity index (χ2v) is 5.37.